The third-order valence-corrected chi connectivity index (χ3v) is 6.96. The number of amides is 1. The summed E-state index contributed by atoms with van der Waals surface area (Å²) in [4.78, 5) is 34.9. The number of benzene rings is 2. The number of aromatic nitrogens is 1. The molecule has 1 unspecified atom stereocenters. The minimum atomic E-state index is -0.755. The van der Waals surface area contributed by atoms with Gasteiger partial charge >= 0.3 is 0 Å². The average molecular weight is 528 g/mol. The van der Waals surface area contributed by atoms with Crippen molar-refractivity contribution in [2.75, 3.05) is 24.6 Å². The van der Waals surface area contributed by atoms with E-state index >= 15 is 0 Å². The fourth-order valence-corrected chi connectivity index (χ4v) is 4.88. The first-order valence-corrected chi connectivity index (χ1v) is 13.5. The zero-order valence-electron chi connectivity index (χ0n) is 23.3. The molecule has 1 atom stereocenters. The Bertz CT molecular complexity index is 1350. The number of aliphatic hydroxyl groups excluding tert-OH is 1. The summed E-state index contributed by atoms with van der Waals surface area (Å²) in [7, 11) is 0. The lowest BCUT2D eigenvalue weighted by atomic mass is 9.94. The van der Waals surface area contributed by atoms with Crippen molar-refractivity contribution in [3.8, 4) is 5.75 Å². The van der Waals surface area contributed by atoms with Crippen LogP contribution in [0.3, 0.4) is 0 Å². The second-order valence-electron chi connectivity index (χ2n) is 10.2. The number of pyridine rings is 1. The van der Waals surface area contributed by atoms with Gasteiger partial charge in [0.15, 0.2) is 0 Å². The first kappa shape index (κ1) is 27.9. The maximum atomic E-state index is 13.4. The van der Waals surface area contributed by atoms with Gasteiger partial charge in [0.2, 0.25) is 0 Å². The van der Waals surface area contributed by atoms with Crippen LogP contribution in [-0.4, -0.2) is 46.4 Å². The van der Waals surface area contributed by atoms with E-state index in [2.05, 4.69) is 37.6 Å². The van der Waals surface area contributed by atoms with Crippen LogP contribution >= 0.6 is 0 Å². The van der Waals surface area contributed by atoms with Crippen molar-refractivity contribution in [1.82, 2.24) is 9.88 Å². The number of aliphatic hydroxyl groups is 1. The molecule has 0 aliphatic carbocycles. The molecule has 2 heterocycles. The number of ether oxygens (including phenoxy) is 1. The predicted octanol–water partition coefficient (Wildman–Crippen LogP) is 5.89. The molecule has 3 aromatic rings. The number of ketones is 1. The first-order valence-electron chi connectivity index (χ1n) is 13.5. The molecule has 0 bridgehead atoms. The average Bonchev–Trinajstić information content (AvgIpc) is 3.18. The normalized spacial score (nSPS) is 16.7. The smallest absolute Gasteiger partial charge is 0.296 e. The van der Waals surface area contributed by atoms with E-state index in [1.54, 1.807) is 30.5 Å². The molecule has 0 saturated carbocycles. The van der Waals surface area contributed by atoms with Crippen LogP contribution in [0, 0.1) is 12.8 Å². The monoisotopic (exact) mass is 527 g/mol. The Kier molecular flexibility index (Phi) is 8.69. The van der Waals surface area contributed by atoms with Gasteiger partial charge in [-0.1, -0.05) is 32.0 Å². The Balaban J connectivity index is 1.79. The van der Waals surface area contributed by atoms with E-state index in [0.717, 1.165) is 35.7 Å². The van der Waals surface area contributed by atoms with Crippen LogP contribution in [0.1, 0.15) is 56.1 Å². The minimum absolute atomic E-state index is 0.0711. The Morgan fingerprint density at radius 2 is 1.77 bits per heavy atom. The van der Waals surface area contributed by atoms with E-state index in [1.165, 1.54) is 4.90 Å². The largest absolute Gasteiger partial charge is 0.507 e. The van der Waals surface area contributed by atoms with E-state index in [4.69, 9.17) is 4.74 Å². The van der Waals surface area contributed by atoms with Crippen molar-refractivity contribution < 1.29 is 19.4 Å². The van der Waals surface area contributed by atoms with Gasteiger partial charge in [-0.3, -0.25) is 14.6 Å². The third-order valence-electron chi connectivity index (χ3n) is 6.96. The SMILES string of the molecule is CCN(CC)c1ccc(C2/C(=C(/O)c3ccc(OCC(C)C)c(C)c3)C(=O)C(=O)N2Cc2ccccn2)cc1. The van der Waals surface area contributed by atoms with Gasteiger partial charge in [-0.05, 0) is 80.3 Å². The molecule has 1 aromatic heterocycles. The van der Waals surface area contributed by atoms with Crippen molar-refractivity contribution >= 4 is 23.1 Å². The van der Waals surface area contributed by atoms with Crippen molar-refractivity contribution in [2.45, 2.75) is 47.2 Å². The molecule has 0 spiro atoms. The maximum absolute atomic E-state index is 13.4. The number of carbonyl (C=O) groups is 2. The van der Waals surface area contributed by atoms with Gasteiger partial charge in [-0.2, -0.15) is 0 Å². The highest BCUT2D eigenvalue weighted by atomic mass is 16.5. The fourth-order valence-electron chi connectivity index (χ4n) is 4.88. The molecule has 1 N–H and O–H groups in total. The molecule has 2 aromatic carbocycles. The lowest BCUT2D eigenvalue weighted by molar-refractivity contribution is -0.140. The summed E-state index contributed by atoms with van der Waals surface area (Å²) >= 11 is 0. The van der Waals surface area contributed by atoms with E-state index in [0.29, 0.717) is 23.8 Å². The first-order chi connectivity index (χ1) is 18.7. The van der Waals surface area contributed by atoms with Gasteiger partial charge < -0.3 is 19.6 Å². The van der Waals surface area contributed by atoms with Crippen LogP contribution in [0.2, 0.25) is 0 Å². The molecule has 39 heavy (non-hydrogen) atoms. The van der Waals surface area contributed by atoms with Crippen molar-refractivity contribution in [3.05, 3.63) is 94.8 Å². The zero-order chi connectivity index (χ0) is 28.1. The van der Waals surface area contributed by atoms with E-state index in [-0.39, 0.29) is 17.9 Å². The van der Waals surface area contributed by atoms with Crippen LogP contribution in [0.15, 0.2) is 72.4 Å². The summed E-state index contributed by atoms with van der Waals surface area (Å²) in [6.07, 6.45) is 1.66. The molecule has 7 nitrogen and oxygen atoms in total. The summed E-state index contributed by atoms with van der Waals surface area (Å²) < 4.78 is 5.88. The predicted molar refractivity (Wildman–Crippen MR) is 154 cm³/mol. The van der Waals surface area contributed by atoms with E-state index in [1.807, 2.05) is 43.3 Å². The summed E-state index contributed by atoms with van der Waals surface area (Å²) in [6.45, 7) is 12.7. The van der Waals surface area contributed by atoms with Gasteiger partial charge in [-0.25, -0.2) is 0 Å². The molecule has 1 amide bonds. The molecule has 0 radical (unpaired) electrons. The number of carbonyl (C=O) groups excluding carboxylic acids is 2. The summed E-state index contributed by atoms with van der Waals surface area (Å²) in [6, 6.07) is 17.9. The Hall–Kier alpha value is -4.13. The van der Waals surface area contributed by atoms with Gasteiger partial charge in [0.1, 0.15) is 11.5 Å². The summed E-state index contributed by atoms with van der Waals surface area (Å²) in [5.41, 5.74) is 3.83. The Labute approximate surface area is 230 Å². The lowest BCUT2D eigenvalue weighted by Crippen LogP contribution is -2.29. The Morgan fingerprint density at radius 3 is 2.36 bits per heavy atom. The molecule has 1 fully saturated rings. The standard InChI is InChI=1S/C32H37N3O4/c1-6-34(7-2)26-14-11-23(12-15-26)29-28(31(37)32(38)35(29)19-25-10-8-9-17-33-25)30(36)24-13-16-27(22(5)18-24)39-20-21(3)4/h8-18,21,29,36H,6-7,19-20H2,1-5H3/b30-28-. The van der Waals surface area contributed by atoms with Crippen molar-refractivity contribution in [3.63, 3.8) is 0 Å². The quantitative estimate of drug-likeness (QED) is 0.201. The lowest BCUT2D eigenvalue weighted by Gasteiger charge is -2.26. The van der Waals surface area contributed by atoms with E-state index < -0.39 is 17.7 Å². The second-order valence-corrected chi connectivity index (χ2v) is 10.2. The Morgan fingerprint density at radius 1 is 1.05 bits per heavy atom. The van der Waals surface area contributed by atoms with Crippen molar-refractivity contribution in [2.24, 2.45) is 5.92 Å². The highest BCUT2D eigenvalue weighted by Crippen LogP contribution is 2.41. The molecule has 7 heteroatoms. The second kappa shape index (κ2) is 12.2. The molecular formula is C32H37N3O4. The number of hydrogen-bond donors (Lipinski definition) is 1. The number of hydrogen-bond acceptors (Lipinski definition) is 6. The number of nitrogens with zero attached hydrogens (tertiary/aromatic N) is 3. The molecule has 1 aliphatic rings. The molecule has 1 saturated heterocycles. The molecule has 204 valence electrons. The highest BCUT2D eigenvalue weighted by molar-refractivity contribution is 6.46. The van der Waals surface area contributed by atoms with Crippen molar-refractivity contribution in [1.29, 1.82) is 0 Å². The van der Waals surface area contributed by atoms with Crippen LogP contribution in [0.25, 0.3) is 5.76 Å². The summed E-state index contributed by atoms with van der Waals surface area (Å²) in [5.74, 6) is -0.471. The van der Waals surface area contributed by atoms with Crippen LogP contribution in [0.4, 0.5) is 5.69 Å². The van der Waals surface area contributed by atoms with Gasteiger partial charge in [0.25, 0.3) is 11.7 Å². The van der Waals surface area contributed by atoms with Gasteiger partial charge in [0, 0.05) is 30.5 Å². The van der Waals surface area contributed by atoms with Crippen LogP contribution in [-0.2, 0) is 16.1 Å². The number of Topliss-reactive ketones (excluding diaryl/α,β-unsaturated/α-hetero) is 1. The minimum Gasteiger partial charge on any atom is -0.507 e. The highest BCUT2D eigenvalue weighted by Gasteiger charge is 2.46. The number of likely N-dealkylation sites (tertiary alicyclic amines) is 1. The van der Waals surface area contributed by atoms with Gasteiger partial charge in [-0.15, -0.1) is 0 Å². The van der Waals surface area contributed by atoms with Gasteiger partial charge in [0.05, 0.1) is 30.5 Å². The maximum Gasteiger partial charge on any atom is 0.296 e. The fraction of sp³-hybridized carbons (Fsp3) is 0.344. The molecule has 4 rings (SSSR count). The van der Waals surface area contributed by atoms with E-state index in [9.17, 15) is 14.7 Å². The van der Waals surface area contributed by atoms with Crippen LogP contribution < -0.4 is 9.64 Å². The molecule has 1 aliphatic heterocycles. The topological polar surface area (TPSA) is 83.0 Å². The number of aryl methyl sites for hydroxylation is 1. The molecular weight excluding hydrogens is 490 g/mol. The number of anilines is 1. The zero-order valence-corrected chi connectivity index (χ0v) is 23.3. The van der Waals surface area contributed by atoms with Crippen LogP contribution in [0.5, 0.6) is 5.75 Å². The third kappa shape index (κ3) is 5.98. The summed E-state index contributed by atoms with van der Waals surface area (Å²) in [5, 5.41) is 11.5. The number of rotatable bonds is 10.